The SMILES string of the molecule is COc1ccc(C2C(=C(O)c3ccccc3)C(=O)C(=O)N2CCO)c(OC)c1. The minimum Gasteiger partial charge on any atom is -0.507 e. The molecule has 3 rings (SSSR count). The molecule has 0 bridgehead atoms. The van der Waals surface area contributed by atoms with Gasteiger partial charge < -0.3 is 24.6 Å². The Hall–Kier alpha value is -3.32. The van der Waals surface area contributed by atoms with E-state index < -0.39 is 17.7 Å². The standard InChI is InChI=1S/C21H21NO6/c1-27-14-8-9-15(16(12-14)28-2)18-17(19(24)13-6-4-3-5-7-13)20(25)21(26)22(18)10-11-23/h3-9,12,18,23-24H,10-11H2,1-2H3. The molecule has 0 saturated carbocycles. The summed E-state index contributed by atoms with van der Waals surface area (Å²) < 4.78 is 10.6. The average molecular weight is 383 g/mol. The van der Waals surface area contributed by atoms with Gasteiger partial charge in [0, 0.05) is 23.7 Å². The second kappa shape index (κ2) is 8.14. The highest BCUT2D eigenvalue weighted by molar-refractivity contribution is 6.46. The van der Waals surface area contributed by atoms with E-state index in [0.717, 1.165) is 0 Å². The van der Waals surface area contributed by atoms with Crippen molar-refractivity contribution in [2.24, 2.45) is 0 Å². The fourth-order valence-electron chi connectivity index (χ4n) is 3.34. The van der Waals surface area contributed by atoms with Crippen molar-refractivity contribution < 1.29 is 29.3 Å². The first kappa shape index (κ1) is 19.4. The number of Topliss-reactive ketones (excluding diaryl/α,β-unsaturated/α-hetero) is 1. The molecule has 1 heterocycles. The Labute approximate surface area is 162 Å². The lowest BCUT2D eigenvalue weighted by Crippen LogP contribution is -2.32. The fraction of sp³-hybridized carbons (Fsp3) is 0.238. The molecule has 146 valence electrons. The minimum atomic E-state index is -0.895. The van der Waals surface area contributed by atoms with Crippen LogP contribution in [0.1, 0.15) is 17.2 Å². The second-order valence-electron chi connectivity index (χ2n) is 6.19. The highest BCUT2D eigenvalue weighted by atomic mass is 16.5. The molecule has 2 aromatic carbocycles. The normalized spacial score (nSPS) is 18.4. The van der Waals surface area contributed by atoms with Gasteiger partial charge in [0.1, 0.15) is 17.3 Å². The molecule has 1 unspecified atom stereocenters. The highest BCUT2D eigenvalue weighted by Gasteiger charge is 2.46. The predicted molar refractivity (Wildman–Crippen MR) is 102 cm³/mol. The molecule has 1 saturated heterocycles. The molecule has 0 aromatic heterocycles. The van der Waals surface area contributed by atoms with Crippen molar-refractivity contribution in [2.45, 2.75) is 6.04 Å². The number of likely N-dealkylation sites (tertiary alicyclic amines) is 1. The van der Waals surface area contributed by atoms with Crippen molar-refractivity contribution in [3.63, 3.8) is 0 Å². The van der Waals surface area contributed by atoms with Crippen LogP contribution in [-0.2, 0) is 9.59 Å². The van der Waals surface area contributed by atoms with Gasteiger partial charge in [0.15, 0.2) is 0 Å². The van der Waals surface area contributed by atoms with Gasteiger partial charge in [-0.3, -0.25) is 9.59 Å². The lowest BCUT2D eigenvalue weighted by molar-refractivity contribution is -0.140. The molecule has 1 fully saturated rings. The van der Waals surface area contributed by atoms with Crippen molar-refractivity contribution in [3.8, 4) is 11.5 Å². The molecule has 7 nitrogen and oxygen atoms in total. The molecule has 1 aliphatic rings. The third kappa shape index (κ3) is 3.32. The number of nitrogens with zero attached hydrogens (tertiary/aromatic N) is 1. The number of methoxy groups -OCH3 is 2. The zero-order chi connectivity index (χ0) is 20.3. The van der Waals surface area contributed by atoms with Crippen LogP contribution in [0.15, 0.2) is 54.1 Å². The lowest BCUT2D eigenvalue weighted by Gasteiger charge is -2.26. The van der Waals surface area contributed by atoms with E-state index in [4.69, 9.17) is 9.47 Å². The summed E-state index contributed by atoms with van der Waals surface area (Å²) in [6, 6.07) is 12.6. The molecule has 1 aliphatic heterocycles. The maximum absolute atomic E-state index is 12.8. The van der Waals surface area contributed by atoms with E-state index in [0.29, 0.717) is 22.6 Å². The molecule has 2 N–H and O–H groups in total. The number of β-amino-alcohol motifs (C(OH)–C–C–N with tert-alkyl or cyclic N) is 1. The van der Waals surface area contributed by atoms with Crippen molar-refractivity contribution in [1.29, 1.82) is 0 Å². The first-order valence-electron chi connectivity index (χ1n) is 8.70. The smallest absolute Gasteiger partial charge is 0.295 e. The largest absolute Gasteiger partial charge is 0.507 e. The van der Waals surface area contributed by atoms with Crippen LogP contribution in [0.25, 0.3) is 5.76 Å². The third-order valence-corrected chi connectivity index (χ3v) is 4.66. The van der Waals surface area contributed by atoms with Gasteiger partial charge >= 0.3 is 0 Å². The van der Waals surface area contributed by atoms with Crippen LogP contribution >= 0.6 is 0 Å². The first-order valence-corrected chi connectivity index (χ1v) is 8.70. The van der Waals surface area contributed by atoms with E-state index in [-0.39, 0.29) is 24.5 Å². The number of carbonyl (C=O) groups excluding carboxylic acids is 2. The Morgan fingerprint density at radius 2 is 1.79 bits per heavy atom. The van der Waals surface area contributed by atoms with E-state index in [1.54, 1.807) is 48.5 Å². The summed E-state index contributed by atoms with van der Waals surface area (Å²) in [4.78, 5) is 26.6. The summed E-state index contributed by atoms with van der Waals surface area (Å²) in [5, 5.41) is 20.3. The van der Waals surface area contributed by atoms with E-state index in [9.17, 15) is 19.8 Å². The highest BCUT2D eigenvalue weighted by Crippen LogP contribution is 2.43. The monoisotopic (exact) mass is 383 g/mol. The zero-order valence-corrected chi connectivity index (χ0v) is 15.6. The molecule has 0 aliphatic carbocycles. The number of hydrogen-bond acceptors (Lipinski definition) is 6. The maximum atomic E-state index is 12.8. The summed E-state index contributed by atoms with van der Waals surface area (Å²) in [5.74, 6) is -0.926. The second-order valence-corrected chi connectivity index (χ2v) is 6.19. The quantitative estimate of drug-likeness (QED) is 0.451. The zero-order valence-electron chi connectivity index (χ0n) is 15.6. The summed E-state index contributed by atoms with van der Waals surface area (Å²) in [6.45, 7) is -0.386. The van der Waals surface area contributed by atoms with Crippen LogP contribution in [0.4, 0.5) is 0 Å². The summed E-state index contributed by atoms with van der Waals surface area (Å²) >= 11 is 0. The van der Waals surface area contributed by atoms with Gasteiger partial charge in [0.05, 0.1) is 32.4 Å². The predicted octanol–water partition coefficient (Wildman–Crippen LogP) is 2.12. The summed E-state index contributed by atoms with van der Waals surface area (Å²) in [6.07, 6.45) is 0. The van der Waals surface area contributed by atoms with E-state index >= 15 is 0 Å². The third-order valence-electron chi connectivity index (χ3n) is 4.66. The van der Waals surface area contributed by atoms with Gasteiger partial charge in [-0.25, -0.2) is 0 Å². The van der Waals surface area contributed by atoms with Crippen molar-refractivity contribution in [2.75, 3.05) is 27.4 Å². The van der Waals surface area contributed by atoms with Gasteiger partial charge in [0.25, 0.3) is 11.7 Å². The topological polar surface area (TPSA) is 96.3 Å². The van der Waals surface area contributed by atoms with Gasteiger partial charge in [0.2, 0.25) is 0 Å². The van der Waals surface area contributed by atoms with Crippen molar-refractivity contribution >= 4 is 17.4 Å². The van der Waals surface area contributed by atoms with Crippen molar-refractivity contribution in [1.82, 2.24) is 4.90 Å². The van der Waals surface area contributed by atoms with E-state index in [1.165, 1.54) is 19.1 Å². The number of carbonyl (C=O) groups is 2. The number of aliphatic hydroxyl groups excluding tert-OH is 2. The Morgan fingerprint density at radius 1 is 1.07 bits per heavy atom. The molecule has 7 heteroatoms. The minimum absolute atomic E-state index is 0.0480. The molecular weight excluding hydrogens is 362 g/mol. The molecule has 28 heavy (non-hydrogen) atoms. The number of amides is 1. The molecule has 0 spiro atoms. The molecule has 2 aromatic rings. The van der Waals surface area contributed by atoms with E-state index in [2.05, 4.69) is 0 Å². The molecule has 0 radical (unpaired) electrons. The fourth-order valence-corrected chi connectivity index (χ4v) is 3.34. The average Bonchev–Trinajstić information content (AvgIpc) is 2.98. The Balaban J connectivity index is 2.23. The van der Waals surface area contributed by atoms with Crippen LogP contribution in [-0.4, -0.2) is 54.2 Å². The van der Waals surface area contributed by atoms with Crippen LogP contribution in [0, 0.1) is 0 Å². The van der Waals surface area contributed by atoms with Crippen LogP contribution in [0.2, 0.25) is 0 Å². The van der Waals surface area contributed by atoms with Gasteiger partial charge in [-0.15, -0.1) is 0 Å². The Bertz CT molecular complexity index is 922. The molecule has 1 amide bonds. The number of ketones is 1. The Kier molecular flexibility index (Phi) is 5.65. The van der Waals surface area contributed by atoms with E-state index in [1.807, 2.05) is 0 Å². The number of aliphatic hydroxyl groups is 2. The van der Waals surface area contributed by atoms with Crippen LogP contribution < -0.4 is 9.47 Å². The van der Waals surface area contributed by atoms with Crippen molar-refractivity contribution in [3.05, 3.63) is 65.2 Å². The van der Waals surface area contributed by atoms with Gasteiger partial charge in [-0.1, -0.05) is 30.3 Å². The molecular formula is C21H21NO6. The number of rotatable bonds is 6. The summed E-state index contributed by atoms with van der Waals surface area (Å²) in [7, 11) is 2.98. The maximum Gasteiger partial charge on any atom is 0.295 e. The van der Waals surface area contributed by atoms with Crippen LogP contribution in [0.3, 0.4) is 0 Å². The summed E-state index contributed by atoms with van der Waals surface area (Å²) in [5.41, 5.74) is 0.878. The number of benzene rings is 2. The molecule has 1 atom stereocenters. The Morgan fingerprint density at radius 3 is 2.39 bits per heavy atom. The first-order chi connectivity index (χ1) is 13.5. The van der Waals surface area contributed by atoms with Gasteiger partial charge in [-0.2, -0.15) is 0 Å². The lowest BCUT2D eigenvalue weighted by atomic mass is 9.94. The van der Waals surface area contributed by atoms with Crippen LogP contribution in [0.5, 0.6) is 11.5 Å². The number of hydrogen-bond donors (Lipinski definition) is 2. The number of ether oxygens (including phenoxy) is 2. The van der Waals surface area contributed by atoms with Gasteiger partial charge in [-0.05, 0) is 12.1 Å².